The molecule has 3 heterocycles. The van der Waals surface area contributed by atoms with E-state index in [1.165, 1.54) is 13.0 Å². The Bertz CT molecular complexity index is 807. The van der Waals surface area contributed by atoms with Crippen molar-refractivity contribution < 1.29 is 28.1 Å². The number of hydrogen-bond donors (Lipinski definition) is 3. The van der Waals surface area contributed by atoms with E-state index in [0.717, 1.165) is 0 Å². The first-order valence-corrected chi connectivity index (χ1v) is 6.67. The van der Waals surface area contributed by atoms with E-state index in [2.05, 4.69) is 15.0 Å². The minimum Gasteiger partial charge on any atom is -0.388 e. The van der Waals surface area contributed by atoms with Crippen LogP contribution in [0.1, 0.15) is 24.3 Å². The molecule has 0 saturated carbocycles. The highest BCUT2D eigenvalue weighted by atomic mass is 19.4. The first-order valence-electron chi connectivity index (χ1n) is 6.67. The molecule has 3 N–H and O–H groups in total. The van der Waals surface area contributed by atoms with Crippen LogP contribution in [0.4, 0.5) is 13.2 Å². The Hall–Kier alpha value is -2.04. The molecule has 23 heavy (non-hydrogen) atoms. The first-order chi connectivity index (χ1) is 10.7. The molecular formula is C13H12F3N3O4. The molecule has 10 heteroatoms. The normalized spacial score (nSPS) is 28.4. The molecule has 0 amide bonds. The molecule has 2 aromatic rings. The number of nitrogens with one attached hydrogen (secondary N) is 1. The third-order valence-corrected chi connectivity index (χ3v) is 3.69. The summed E-state index contributed by atoms with van der Waals surface area (Å²) in [5.41, 5.74) is -2.35. The molecule has 0 bridgehead atoms. The number of alkyl halides is 3. The van der Waals surface area contributed by atoms with E-state index in [1.54, 1.807) is 0 Å². The fraction of sp³-hybridized carbons (Fsp3) is 0.462. The zero-order valence-electron chi connectivity index (χ0n) is 11.7. The number of fused-ring (bicyclic) bond motifs is 1. The molecule has 1 aliphatic heterocycles. The fourth-order valence-corrected chi connectivity index (χ4v) is 2.44. The summed E-state index contributed by atoms with van der Waals surface area (Å²) < 4.78 is 43.1. The number of rotatable bonds is 1. The van der Waals surface area contributed by atoms with Crippen molar-refractivity contribution in [3.8, 4) is 0 Å². The zero-order chi connectivity index (χ0) is 16.9. The standard InChI is InChI=1S/C13H12F3N3O4/c1-4-8(20)9(21)10(23-4)5-2-6-11(19-12(5)22)18-7(3-17-6)13(14,15)16/h2-4,8-10,20-21H,1H3,(H,18,19,22)/t4-,8?,9+,10+/m1/s1. The summed E-state index contributed by atoms with van der Waals surface area (Å²) in [4.78, 5) is 21.2. The van der Waals surface area contributed by atoms with E-state index in [1.807, 2.05) is 0 Å². The number of halogens is 3. The van der Waals surface area contributed by atoms with Crippen LogP contribution in [0.2, 0.25) is 0 Å². The number of aliphatic hydroxyl groups excluding tert-OH is 2. The van der Waals surface area contributed by atoms with Crippen LogP contribution in [0.5, 0.6) is 0 Å². The molecule has 1 unspecified atom stereocenters. The van der Waals surface area contributed by atoms with E-state index in [4.69, 9.17) is 4.74 Å². The lowest BCUT2D eigenvalue weighted by Crippen LogP contribution is -2.30. The second kappa shape index (κ2) is 5.25. The fourth-order valence-electron chi connectivity index (χ4n) is 2.44. The van der Waals surface area contributed by atoms with Crippen LogP contribution < -0.4 is 5.56 Å². The topological polar surface area (TPSA) is 108 Å². The highest BCUT2D eigenvalue weighted by molar-refractivity contribution is 5.70. The molecule has 0 aliphatic carbocycles. The predicted molar refractivity (Wildman–Crippen MR) is 70.5 cm³/mol. The summed E-state index contributed by atoms with van der Waals surface area (Å²) >= 11 is 0. The maximum atomic E-state index is 12.6. The number of aliphatic hydroxyl groups is 2. The lowest BCUT2D eigenvalue weighted by molar-refractivity contribution is -0.141. The van der Waals surface area contributed by atoms with Gasteiger partial charge in [-0.3, -0.25) is 9.78 Å². The number of hydrogen-bond acceptors (Lipinski definition) is 6. The minimum absolute atomic E-state index is 0.0115. The lowest BCUT2D eigenvalue weighted by atomic mass is 10.0. The van der Waals surface area contributed by atoms with Gasteiger partial charge >= 0.3 is 6.18 Å². The third-order valence-electron chi connectivity index (χ3n) is 3.69. The van der Waals surface area contributed by atoms with Crippen LogP contribution in [0.3, 0.4) is 0 Å². The van der Waals surface area contributed by atoms with Crippen molar-refractivity contribution in [2.75, 3.05) is 0 Å². The Morgan fingerprint density at radius 1 is 1.30 bits per heavy atom. The quantitative estimate of drug-likeness (QED) is 0.703. The average Bonchev–Trinajstić information content (AvgIpc) is 2.72. The SMILES string of the molecule is C[C@H]1O[C@@H](c2cc3ncc(C(F)(F)F)nc3[nH]c2=O)[C@@H](O)C1O. The van der Waals surface area contributed by atoms with Crippen LogP contribution in [0, 0.1) is 0 Å². The van der Waals surface area contributed by atoms with Gasteiger partial charge in [-0.25, -0.2) is 4.98 Å². The first kappa shape index (κ1) is 15.8. The van der Waals surface area contributed by atoms with Crippen LogP contribution in [0.15, 0.2) is 17.1 Å². The van der Waals surface area contributed by atoms with Gasteiger partial charge in [0.1, 0.15) is 23.8 Å². The van der Waals surface area contributed by atoms with Gasteiger partial charge < -0.3 is 19.9 Å². The Morgan fingerprint density at radius 3 is 2.57 bits per heavy atom. The Labute approximate surface area is 126 Å². The summed E-state index contributed by atoms with van der Waals surface area (Å²) in [6.45, 7) is 1.53. The number of nitrogens with zero attached hydrogens (tertiary/aromatic N) is 2. The monoisotopic (exact) mass is 331 g/mol. The molecule has 1 fully saturated rings. The minimum atomic E-state index is -4.68. The molecule has 3 rings (SSSR count). The van der Waals surface area contributed by atoms with Gasteiger partial charge in [0, 0.05) is 0 Å². The summed E-state index contributed by atoms with van der Waals surface area (Å²) in [7, 11) is 0. The zero-order valence-corrected chi connectivity index (χ0v) is 11.7. The van der Waals surface area contributed by atoms with Gasteiger partial charge in [0.25, 0.3) is 5.56 Å². The van der Waals surface area contributed by atoms with E-state index in [-0.39, 0.29) is 16.7 Å². The molecule has 1 saturated heterocycles. The molecule has 0 spiro atoms. The van der Waals surface area contributed by atoms with Gasteiger partial charge in [-0.05, 0) is 13.0 Å². The molecule has 7 nitrogen and oxygen atoms in total. The Morgan fingerprint density at radius 2 is 2.00 bits per heavy atom. The van der Waals surface area contributed by atoms with Crippen molar-refractivity contribution in [2.45, 2.75) is 37.5 Å². The second-order valence-electron chi connectivity index (χ2n) is 5.28. The van der Waals surface area contributed by atoms with Crippen molar-refractivity contribution in [1.29, 1.82) is 0 Å². The van der Waals surface area contributed by atoms with Crippen molar-refractivity contribution in [3.05, 3.63) is 33.9 Å². The van der Waals surface area contributed by atoms with Gasteiger partial charge in [-0.15, -0.1) is 0 Å². The molecule has 2 aromatic heterocycles. The summed E-state index contributed by atoms with van der Waals surface area (Å²) in [5.74, 6) is 0. The summed E-state index contributed by atoms with van der Waals surface area (Å²) in [6.07, 6.45) is -8.42. The number of pyridine rings is 1. The van der Waals surface area contributed by atoms with Gasteiger partial charge in [0.15, 0.2) is 11.3 Å². The summed E-state index contributed by atoms with van der Waals surface area (Å²) in [6, 6.07) is 1.19. The largest absolute Gasteiger partial charge is 0.434 e. The van der Waals surface area contributed by atoms with Gasteiger partial charge in [-0.1, -0.05) is 0 Å². The second-order valence-corrected chi connectivity index (χ2v) is 5.28. The van der Waals surface area contributed by atoms with Crippen LogP contribution in [0.25, 0.3) is 11.2 Å². The maximum absolute atomic E-state index is 12.6. The summed E-state index contributed by atoms with van der Waals surface area (Å²) in [5, 5.41) is 19.6. The highest BCUT2D eigenvalue weighted by Gasteiger charge is 2.42. The van der Waals surface area contributed by atoms with Crippen LogP contribution >= 0.6 is 0 Å². The van der Waals surface area contributed by atoms with E-state index >= 15 is 0 Å². The molecule has 0 aromatic carbocycles. The number of aromatic amines is 1. The molecule has 0 radical (unpaired) electrons. The highest BCUT2D eigenvalue weighted by Crippen LogP contribution is 2.33. The van der Waals surface area contributed by atoms with E-state index in [9.17, 15) is 28.2 Å². The molecular weight excluding hydrogens is 319 g/mol. The molecule has 4 atom stereocenters. The van der Waals surface area contributed by atoms with E-state index in [0.29, 0.717) is 6.20 Å². The lowest BCUT2D eigenvalue weighted by Gasteiger charge is -2.14. The smallest absolute Gasteiger partial charge is 0.388 e. The molecule has 124 valence electrons. The van der Waals surface area contributed by atoms with Gasteiger partial charge in [-0.2, -0.15) is 13.2 Å². The Kier molecular flexibility index (Phi) is 3.62. The Balaban J connectivity index is 2.08. The van der Waals surface area contributed by atoms with Crippen molar-refractivity contribution in [2.24, 2.45) is 0 Å². The predicted octanol–water partition coefficient (Wildman–Crippen LogP) is 0.518. The van der Waals surface area contributed by atoms with Crippen LogP contribution in [-0.4, -0.2) is 43.5 Å². The van der Waals surface area contributed by atoms with E-state index < -0.39 is 41.8 Å². The van der Waals surface area contributed by atoms with Crippen molar-refractivity contribution >= 4 is 11.2 Å². The number of H-pyrrole nitrogens is 1. The van der Waals surface area contributed by atoms with Crippen LogP contribution in [-0.2, 0) is 10.9 Å². The average molecular weight is 331 g/mol. The third kappa shape index (κ3) is 2.69. The maximum Gasteiger partial charge on any atom is 0.434 e. The van der Waals surface area contributed by atoms with Gasteiger partial charge in [0.2, 0.25) is 0 Å². The van der Waals surface area contributed by atoms with Crippen molar-refractivity contribution in [3.63, 3.8) is 0 Å². The molecule has 1 aliphatic rings. The number of aromatic nitrogens is 3. The van der Waals surface area contributed by atoms with Crippen molar-refractivity contribution in [1.82, 2.24) is 15.0 Å². The van der Waals surface area contributed by atoms with Gasteiger partial charge in [0.05, 0.1) is 17.9 Å². The number of ether oxygens (including phenoxy) is 1.